The molecule has 5 heterocycles. The Morgan fingerprint density at radius 2 is 1.82 bits per heavy atom. The van der Waals surface area contributed by atoms with Crippen molar-refractivity contribution < 1.29 is 28.7 Å². The third-order valence-corrected chi connectivity index (χ3v) is 10.9. The molecule has 51 heavy (non-hydrogen) atoms. The standard InChI is InChI=1S/C37H45N5O7S2/c1-5-48-34(46)37-18-25(37)11-9-7-6-8-10-12-28(39-35(47)49-36(2,3)4)32(44)41-20-26(17-29(41)31(43)40-37)42-33(45)30(24-14-16-51-22-24)27(19-38-42)23-13-15-50-21-23/h9,11,13-16,19,21-22,25-26,28-29H,5-8,10,12,17-18,20H2,1-4H3,(H,39,47)(H,40,43)/t25?,26-,28+,29+,37-/m1/s1. The fourth-order valence-electron chi connectivity index (χ4n) is 7.00. The average Bonchev–Trinajstić information content (AvgIpc) is 3.60. The van der Waals surface area contributed by atoms with Gasteiger partial charge in [0.1, 0.15) is 23.2 Å². The summed E-state index contributed by atoms with van der Waals surface area (Å²) >= 11 is 3.00. The van der Waals surface area contributed by atoms with Crippen LogP contribution in [0.1, 0.15) is 78.7 Å². The normalized spacial score (nSPS) is 25.5. The Kier molecular flexibility index (Phi) is 10.8. The molecule has 1 saturated heterocycles. The molecule has 0 spiro atoms. The van der Waals surface area contributed by atoms with Gasteiger partial charge in [-0.05, 0) is 98.2 Å². The Hall–Kier alpha value is -4.30. The number of nitrogens with zero attached hydrogens (tertiary/aromatic N) is 3. The molecule has 2 aliphatic heterocycles. The topological polar surface area (TPSA) is 149 Å². The lowest BCUT2D eigenvalue weighted by atomic mass is 10.0. The van der Waals surface area contributed by atoms with Crippen molar-refractivity contribution in [2.45, 2.75) is 102 Å². The lowest BCUT2D eigenvalue weighted by molar-refractivity contribution is -0.150. The fourth-order valence-corrected chi connectivity index (χ4v) is 8.30. The van der Waals surface area contributed by atoms with Crippen LogP contribution in [0, 0.1) is 5.92 Å². The van der Waals surface area contributed by atoms with Crippen LogP contribution in [0.15, 0.2) is 56.8 Å². The number of amides is 3. The first kappa shape index (κ1) is 36.5. The van der Waals surface area contributed by atoms with Crippen LogP contribution in [0.5, 0.6) is 0 Å². The molecule has 12 nitrogen and oxygen atoms in total. The predicted octanol–water partition coefficient (Wildman–Crippen LogP) is 5.69. The van der Waals surface area contributed by atoms with E-state index in [1.807, 2.05) is 45.8 Å². The number of hydrogen-bond donors (Lipinski definition) is 2. The second kappa shape index (κ2) is 15.1. The number of allylic oxidation sites excluding steroid dienone is 1. The van der Waals surface area contributed by atoms with Crippen LogP contribution in [0.3, 0.4) is 0 Å². The van der Waals surface area contributed by atoms with Crippen molar-refractivity contribution in [2.24, 2.45) is 5.92 Å². The zero-order valence-electron chi connectivity index (χ0n) is 29.4. The van der Waals surface area contributed by atoms with E-state index in [2.05, 4.69) is 15.7 Å². The summed E-state index contributed by atoms with van der Waals surface area (Å²) < 4.78 is 12.3. The second-order valence-electron chi connectivity index (χ2n) is 14.4. The molecular formula is C37H45N5O7S2. The third kappa shape index (κ3) is 7.96. The predicted molar refractivity (Wildman–Crippen MR) is 195 cm³/mol. The van der Waals surface area contributed by atoms with Gasteiger partial charge in [-0.25, -0.2) is 14.3 Å². The lowest BCUT2D eigenvalue weighted by Crippen LogP contribution is -2.56. The van der Waals surface area contributed by atoms with E-state index in [9.17, 15) is 24.0 Å². The van der Waals surface area contributed by atoms with Gasteiger partial charge in [0, 0.05) is 24.4 Å². The average molecular weight is 736 g/mol. The van der Waals surface area contributed by atoms with Gasteiger partial charge >= 0.3 is 12.1 Å². The molecule has 272 valence electrons. The quantitative estimate of drug-likeness (QED) is 0.242. The Morgan fingerprint density at radius 1 is 1.08 bits per heavy atom. The van der Waals surface area contributed by atoms with Gasteiger partial charge in [-0.3, -0.25) is 14.4 Å². The zero-order chi connectivity index (χ0) is 36.3. The van der Waals surface area contributed by atoms with Crippen molar-refractivity contribution in [1.29, 1.82) is 0 Å². The van der Waals surface area contributed by atoms with Crippen molar-refractivity contribution in [3.05, 3.63) is 62.4 Å². The van der Waals surface area contributed by atoms with Gasteiger partial charge in [0.15, 0.2) is 0 Å². The number of carbonyl (C=O) groups excluding carboxylic acids is 4. The number of nitrogens with one attached hydrogen (secondary N) is 2. The lowest BCUT2D eigenvalue weighted by Gasteiger charge is -2.30. The minimum Gasteiger partial charge on any atom is -0.464 e. The summed E-state index contributed by atoms with van der Waals surface area (Å²) in [5.74, 6) is -1.75. The summed E-state index contributed by atoms with van der Waals surface area (Å²) in [6.07, 6.45) is 8.81. The van der Waals surface area contributed by atoms with Crippen LogP contribution in [0.2, 0.25) is 0 Å². The number of ether oxygens (including phenoxy) is 2. The van der Waals surface area contributed by atoms with E-state index in [1.54, 1.807) is 33.9 Å². The van der Waals surface area contributed by atoms with Crippen molar-refractivity contribution >= 4 is 46.6 Å². The van der Waals surface area contributed by atoms with E-state index < -0.39 is 53.1 Å². The molecule has 1 aliphatic carbocycles. The molecular weight excluding hydrogens is 691 g/mol. The summed E-state index contributed by atoms with van der Waals surface area (Å²) in [5.41, 5.74) is 0.455. The van der Waals surface area contributed by atoms with Crippen molar-refractivity contribution in [2.75, 3.05) is 13.2 Å². The zero-order valence-corrected chi connectivity index (χ0v) is 31.0. The Labute approximate surface area is 305 Å². The van der Waals surface area contributed by atoms with E-state index in [-0.39, 0.29) is 31.0 Å². The Morgan fingerprint density at radius 3 is 2.51 bits per heavy atom. The molecule has 0 bridgehead atoms. The first-order chi connectivity index (χ1) is 24.4. The maximum atomic E-state index is 14.5. The summed E-state index contributed by atoms with van der Waals surface area (Å²) in [6.45, 7) is 7.10. The number of carbonyl (C=O) groups is 4. The van der Waals surface area contributed by atoms with Gasteiger partial charge in [0.25, 0.3) is 5.56 Å². The summed E-state index contributed by atoms with van der Waals surface area (Å²) in [4.78, 5) is 70.9. The highest BCUT2D eigenvalue weighted by atomic mass is 32.1. The summed E-state index contributed by atoms with van der Waals surface area (Å²) in [5, 5.41) is 18.1. The van der Waals surface area contributed by atoms with E-state index in [4.69, 9.17) is 9.47 Å². The van der Waals surface area contributed by atoms with E-state index in [0.717, 1.165) is 30.4 Å². The molecule has 3 amide bonds. The minimum absolute atomic E-state index is 0.00701. The maximum absolute atomic E-state index is 14.5. The van der Waals surface area contributed by atoms with Gasteiger partial charge < -0.3 is 25.0 Å². The van der Waals surface area contributed by atoms with Crippen LogP contribution in [0.25, 0.3) is 22.3 Å². The second-order valence-corrected chi connectivity index (χ2v) is 15.9. The number of hydrogen-bond acceptors (Lipinski definition) is 10. The molecule has 6 rings (SSSR count). The number of thiophene rings is 2. The monoisotopic (exact) mass is 735 g/mol. The van der Waals surface area contributed by atoms with Crippen LogP contribution >= 0.6 is 22.7 Å². The first-order valence-electron chi connectivity index (χ1n) is 17.5. The van der Waals surface area contributed by atoms with Gasteiger partial charge in [-0.15, -0.1) is 0 Å². The van der Waals surface area contributed by atoms with E-state index in [1.165, 1.54) is 32.3 Å². The molecule has 3 aromatic rings. The molecule has 1 saturated carbocycles. The van der Waals surface area contributed by atoms with Crippen LogP contribution in [0.4, 0.5) is 4.79 Å². The molecule has 0 radical (unpaired) electrons. The number of aromatic nitrogens is 2. The maximum Gasteiger partial charge on any atom is 0.408 e. The van der Waals surface area contributed by atoms with Crippen molar-refractivity contribution in [1.82, 2.24) is 25.3 Å². The number of fused-ring (bicyclic) bond motifs is 2. The molecule has 2 fully saturated rings. The summed E-state index contributed by atoms with van der Waals surface area (Å²) in [7, 11) is 0. The Bertz CT molecular complexity index is 1830. The van der Waals surface area contributed by atoms with Crippen molar-refractivity contribution in [3.8, 4) is 22.3 Å². The van der Waals surface area contributed by atoms with Gasteiger partial charge in [0.2, 0.25) is 11.8 Å². The molecule has 2 N–H and O–H groups in total. The number of alkyl carbamates (subject to hydrolysis) is 1. The summed E-state index contributed by atoms with van der Waals surface area (Å²) in [6, 6.07) is 1.13. The third-order valence-electron chi connectivity index (χ3n) is 9.58. The van der Waals surface area contributed by atoms with E-state index >= 15 is 0 Å². The molecule has 3 aromatic heterocycles. The molecule has 0 aromatic carbocycles. The van der Waals surface area contributed by atoms with Gasteiger partial charge in [-0.1, -0.05) is 25.0 Å². The minimum atomic E-state index is -1.24. The first-order valence-corrected chi connectivity index (χ1v) is 19.4. The number of esters is 1. The van der Waals surface area contributed by atoms with Crippen LogP contribution in [-0.4, -0.2) is 74.9 Å². The molecule has 3 aliphatic rings. The highest BCUT2D eigenvalue weighted by molar-refractivity contribution is 7.08. The van der Waals surface area contributed by atoms with Gasteiger partial charge in [-0.2, -0.15) is 27.8 Å². The number of rotatable bonds is 6. The highest BCUT2D eigenvalue weighted by Gasteiger charge is 2.62. The van der Waals surface area contributed by atoms with Crippen LogP contribution in [-0.2, 0) is 23.9 Å². The van der Waals surface area contributed by atoms with Crippen LogP contribution < -0.4 is 16.2 Å². The molecule has 5 atom stereocenters. The van der Waals surface area contributed by atoms with E-state index in [0.29, 0.717) is 30.4 Å². The smallest absolute Gasteiger partial charge is 0.408 e. The fraction of sp³-hybridized carbons (Fsp3) is 0.514. The molecule has 1 unspecified atom stereocenters. The van der Waals surface area contributed by atoms with Crippen molar-refractivity contribution in [3.63, 3.8) is 0 Å². The van der Waals surface area contributed by atoms with Gasteiger partial charge in [0.05, 0.1) is 24.4 Å². The largest absolute Gasteiger partial charge is 0.464 e. The Balaban J connectivity index is 1.38. The molecule has 14 heteroatoms. The SMILES string of the molecule is CCOC(=O)[C@@]12CC1C=CCCCCC[C@H](NC(=O)OC(C)(C)C)C(=O)N1C[C@H](n3ncc(-c4ccsc4)c(-c4ccsc4)c3=O)C[C@H]1C(=O)N2. The highest BCUT2D eigenvalue weighted by Crippen LogP contribution is 2.46.